The maximum atomic E-state index is 12.6. The molecule has 26 heavy (non-hydrogen) atoms. The minimum atomic E-state index is -0.261. The number of rotatable bonds is 9. The Labute approximate surface area is 155 Å². The van der Waals surface area contributed by atoms with E-state index in [1.165, 1.54) is 6.07 Å². The highest BCUT2D eigenvalue weighted by Crippen LogP contribution is 2.26. The molecular formula is C22H27O4. The normalized spacial score (nSPS) is 11.0. The molecule has 0 fully saturated rings. The molecule has 4 heteroatoms. The van der Waals surface area contributed by atoms with Gasteiger partial charge in [-0.25, -0.2) is 0 Å². The van der Waals surface area contributed by atoms with Crippen LogP contribution in [0.25, 0.3) is 0 Å². The summed E-state index contributed by atoms with van der Waals surface area (Å²) in [5.74, 6) is 1.77. The van der Waals surface area contributed by atoms with Gasteiger partial charge in [-0.1, -0.05) is 27.7 Å². The Kier molecular flexibility index (Phi) is 7.07. The largest absolute Gasteiger partial charge is 0.507 e. The number of ketones is 1. The van der Waals surface area contributed by atoms with E-state index in [1.54, 1.807) is 30.3 Å². The molecule has 0 aromatic heterocycles. The van der Waals surface area contributed by atoms with Crippen LogP contribution in [0.15, 0.2) is 36.4 Å². The smallest absolute Gasteiger partial charge is 0.196 e. The summed E-state index contributed by atoms with van der Waals surface area (Å²) in [5, 5.41) is 10.2. The fourth-order valence-corrected chi connectivity index (χ4v) is 2.26. The second-order valence-electron chi connectivity index (χ2n) is 7.19. The van der Waals surface area contributed by atoms with Crippen molar-refractivity contribution in [1.82, 2.24) is 0 Å². The van der Waals surface area contributed by atoms with Crippen LogP contribution in [0.3, 0.4) is 0 Å². The number of hydrogen-bond acceptors (Lipinski definition) is 4. The molecule has 0 spiro atoms. The zero-order valence-electron chi connectivity index (χ0n) is 15.9. The van der Waals surface area contributed by atoms with Gasteiger partial charge in [0.15, 0.2) is 5.78 Å². The standard InChI is InChI=1S/C22H27O4/c1-15(2)11-12-25-18-7-5-17(6-8-18)22(24)20-10-9-19(13-21(20)23)26-14-16(3)4/h5-7,9-10,13,15-16,23H,11-12,14H2,1-4H3. The van der Waals surface area contributed by atoms with Crippen LogP contribution in [0.1, 0.15) is 50.0 Å². The first kappa shape index (κ1) is 19.8. The van der Waals surface area contributed by atoms with Crippen molar-refractivity contribution in [3.05, 3.63) is 53.6 Å². The molecule has 2 rings (SSSR count). The third-order valence-electron chi connectivity index (χ3n) is 3.80. The van der Waals surface area contributed by atoms with Crippen LogP contribution in [0, 0.1) is 17.9 Å². The van der Waals surface area contributed by atoms with Crippen LogP contribution in [0.4, 0.5) is 0 Å². The number of hydrogen-bond donors (Lipinski definition) is 1. The highest BCUT2D eigenvalue weighted by Gasteiger charge is 2.15. The topological polar surface area (TPSA) is 55.8 Å². The van der Waals surface area contributed by atoms with Gasteiger partial charge >= 0.3 is 0 Å². The first-order chi connectivity index (χ1) is 12.4. The maximum absolute atomic E-state index is 12.6. The minimum absolute atomic E-state index is 0.0893. The predicted molar refractivity (Wildman–Crippen MR) is 102 cm³/mol. The van der Waals surface area contributed by atoms with Crippen molar-refractivity contribution in [2.75, 3.05) is 13.2 Å². The van der Waals surface area contributed by atoms with Crippen molar-refractivity contribution in [1.29, 1.82) is 0 Å². The van der Waals surface area contributed by atoms with Gasteiger partial charge < -0.3 is 14.6 Å². The van der Waals surface area contributed by atoms with Crippen molar-refractivity contribution >= 4 is 5.78 Å². The Hall–Kier alpha value is -2.49. The van der Waals surface area contributed by atoms with Gasteiger partial charge in [0.2, 0.25) is 0 Å². The fraction of sp³-hybridized carbons (Fsp3) is 0.409. The van der Waals surface area contributed by atoms with Crippen molar-refractivity contribution < 1.29 is 19.4 Å². The molecule has 0 aliphatic carbocycles. The van der Waals surface area contributed by atoms with Gasteiger partial charge in [-0.2, -0.15) is 0 Å². The van der Waals surface area contributed by atoms with Crippen LogP contribution in [-0.4, -0.2) is 24.1 Å². The lowest BCUT2D eigenvalue weighted by Crippen LogP contribution is -2.06. The van der Waals surface area contributed by atoms with Gasteiger partial charge in [0.05, 0.1) is 18.8 Å². The van der Waals surface area contributed by atoms with Crippen LogP contribution < -0.4 is 9.47 Å². The minimum Gasteiger partial charge on any atom is -0.507 e. The number of phenols is 1. The third-order valence-corrected chi connectivity index (χ3v) is 3.80. The summed E-state index contributed by atoms with van der Waals surface area (Å²) < 4.78 is 11.2. The molecule has 139 valence electrons. The van der Waals surface area contributed by atoms with Crippen molar-refractivity contribution in [3.8, 4) is 17.2 Å². The van der Waals surface area contributed by atoms with E-state index in [2.05, 4.69) is 19.9 Å². The van der Waals surface area contributed by atoms with Crippen LogP contribution >= 0.6 is 0 Å². The summed E-state index contributed by atoms with van der Waals surface area (Å²) in [6.07, 6.45) is 0.966. The molecular weight excluding hydrogens is 328 g/mol. The Balaban J connectivity index is 2.04. The van der Waals surface area contributed by atoms with E-state index in [0.29, 0.717) is 42.1 Å². The first-order valence-electron chi connectivity index (χ1n) is 9.02. The maximum Gasteiger partial charge on any atom is 0.196 e. The molecule has 2 aromatic carbocycles. The SMILES string of the molecule is CC(C)CCOc1[c]cc(C(=O)c2ccc(OCC(C)C)cc2O)cc1. The second-order valence-corrected chi connectivity index (χ2v) is 7.19. The molecule has 0 aliphatic heterocycles. The van der Waals surface area contributed by atoms with Crippen LogP contribution in [0.5, 0.6) is 17.2 Å². The average Bonchev–Trinajstić information content (AvgIpc) is 2.60. The molecule has 0 saturated carbocycles. The van der Waals surface area contributed by atoms with Gasteiger partial charge in [0.25, 0.3) is 0 Å². The van der Waals surface area contributed by atoms with E-state index in [0.717, 1.165) is 6.42 Å². The van der Waals surface area contributed by atoms with Gasteiger partial charge in [0.1, 0.15) is 17.2 Å². The molecule has 0 aliphatic rings. The van der Waals surface area contributed by atoms with E-state index in [1.807, 2.05) is 13.8 Å². The van der Waals surface area contributed by atoms with E-state index in [4.69, 9.17) is 9.47 Å². The molecule has 1 radical (unpaired) electrons. The van der Waals surface area contributed by atoms with E-state index < -0.39 is 0 Å². The lowest BCUT2D eigenvalue weighted by Gasteiger charge is -2.11. The average molecular weight is 355 g/mol. The number of phenolic OH excluding ortho intramolecular Hbond substituents is 1. The molecule has 1 N–H and O–H groups in total. The molecule has 2 aromatic rings. The third kappa shape index (κ3) is 5.80. The number of carbonyl (C=O) groups is 1. The molecule has 0 heterocycles. The molecule has 0 bridgehead atoms. The quantitative estimate of drug-likeness (QED) is 0.651. The Bertz CT molecular complexity index is 717. The summed E-state index contributed by atoms with van der Waals surface area (Å²) in [6.45, 7) is 9.55. The summed E-state index contributed by atoms with van der Waals surface area (Å²) in [5.41, 5.74) is 0.691. The number of benzene rings is 2. The van der Waals surface area contributed by atoms with Crippen LogP contribution in [0.2, 0.25) is 0 Å². The zero-order valence-corrected chi connectivity index (χ0v) is 15.9. The summed E-state index contributed by atoms with van der Waals surface area (Å²) >= 11 is 0. The Morgan fingerprint density at radius 3 is 2.42 bits per heavy atom. The number of aromatic hydroxyl groups is 1. The summed E-state index contributed by atoms with van der Waals surface area (Å²) in [6, 6.07) is 12.7. The molecule has 4 nitrogen and oxygen atoms in total. The van der Waals surface area contributed by atoms with Gasteiger partial charge in [-0.05, 0) is 48.6 Å². The summed E-state index contributed by atoms with van der Waals surface area (Å²) in [7, 11) is 0. The highest BCUT2D eigenvalue weighted by atomic mass is 16.5. The lowest BCUT2D eigenvalue weighted by molar-refractivity contribution is 0.103. The van der Waals surface area contributed by atoms with Crippen molar-refractivity contribution in [2.45, 2.75) is 34.1 Å². The van der Waals surface area contributed by atoms with Crippen LogP contribution in [-0.2, 0) is 0 Å². The van der Waals surface area contributed by atoms with Gasteiger partial charge in [-0.15, -0.1) is 0 Å². The summed E-state index contributed by atoms with van der Waals surface area (Å²) in [4.78, 5) is 12.6. The van der Waals surface area contributed by atoms with Crippen molar-refractivity contribution in [3.63, 3.8) is 0 Å². The first-order valence-corrected chi connectivity index (χ1v) is 9.02. The Morgan fingerprint density at radius 1 is 1.08 bits per heavy atom. The van der Waals surface area contributed by atoms with E-state index >= 15 is 0 Å². The second kappa shape index (κ2) is 9.27. The van der Waals surface area contributed by atoms with Gasteiger partial charge in [0, 0.05) is 17.7 Å². The number of carbonyl (C=O) groups excluding carboxylic acids is 1. The predicted octanol–water partition coefficient (Wildman–Crippen LogP) is 4.88. The van der Waals surface area contributed by atoms with Gasteiger partial charge in [-0.3, -0.25) is 4.79 Å². The lowest BCUT2D eigenvalue weighted by atomic mass is 10.0. The van der Waals surface area contributed by atoms with Crippen molar-refractivity contribution in [2.24, 2.45) is 11.8 Å². The monoisotopic (exact) mass is 355 g/mol. The molecule has 0 atom stereocenters. The molecule has 0 saturated heterocycles. The number of ether oxygens (including phenoxy) is 2. The Morgan fingerprint density at radius 2 is 1.85 bits per heavy atom. The highest BCUT2D eigenvalue weighted by molar-refractivity contribution is 6.10. The van der Waals surface area contributed by atoms with E-state index in [9.17, 15) is 9.90 Å². The molecule has 0 unspecified atom stereocenters. The zero-order chi connectivity index (χ0) is 19.1. The van der Waals surface area contributed by atoms with E-state index in [-0.39, 0.29) is 17.1 Å². The molecule has 0 amide bonds. The fourth-order valence-electron chi connectivity index (χ4n) is 2.26.